The Kier molecular flexibility index (Phi) is 6.24. The van der Waals surface area contributed by atoms with Crippen LogP contribution in [-0.4, -0.2) is 56.3 Å². The maximum Gasteiger partial charge on any atom is 0.253 e. The molecule has 6 rings (SSSR count). The minimum atomic E-state index is -0.468. The lowest BCUT2D eigenvalue weighted by Crippen LogP contribution is -2.49. The number of anilines is 1. The van der Waals surface area contributed by atoms with Crippen LogP contribution in [0.15, 0.2) is 70.1 Å². The molecular weight excluding hydrogens is 485 g/mol. The summed E-state index contributed by atoms with van der Waals surface area (Å²) in [7, 11) is 0. The maximum atomic E-state index is 13.5. The third-order valence-corrected chi connectivity index (χ3v) is 7.34. The summed E-state index contributed by atoms with van der Waals surface area (Å²) >= 11 is 0. The van der Waals surface area contributed by atoms with Gasteiger partial charge in [-0.25, -0.2) is 9.07 Å². The number of rotatable bonds is 6. The summed E-state index contributed by atoms with van der Waals surface area (Å²) in [6.07, 6.45) is 1.61. The molecule has 1 atom stereocenters. The van der Waals surface area contributed by atoms with Gasteiger partial charge in [-0.3, -0.25) is 9.69 Å². The van der Waals surface area contributed by atoms with Gasteiger partial charge in [-0.15, -0.1) is 5.10 Å². The van der Waals surface area contributed by atoms with E-state index in [9.17, 15) is 9.18 Å². The maximum absolute atomic E-state index is 13.5. The Morgan fingerprint density at radius 1 is 1.03 bits per heavy atom. The van der Waals surface area contributed by atoms with Crippen molar-refractivity contribution in [2.45, 2.75) is 26.4 Å². The number of tetrazole rings is 1. The van der Waals surface area contributed by atoms with Gasteiger partial charge in [0.15, 0.2) is 5.82 Å². The van der Waals surface area contributed by atoms with E-state index in [0.717, 1.165) is 33.5 Å². The van der Waals surface area contributed by atoms with Gasteiger partial charge in [0.25, 0.3) is 5.56 Å². The lowest BCUT2D eigenvalue weighted by molar-refractivity contribution is 0.200. The lowest BCUT2D eigenvalue weighted by atomic mass is 10.00. The Balaban J connectivity index is 1.39. The van der Waals surface area contributed by atoms with E-state index in [2.05, 4.69) is 43.3 Å². The number of aromatic amines is 1. The van der Waals surface area contributed by atoms with Crippen molar-refractivity contribution >= 4 is 16.6 Å². The van der Waals surface area contributed by atoms with Crippen LogP contribution in [0.3, 0.4) is 0 Å². The van der Waals surface area contributed by atoms with E-state index in [4.69, 9.17) is 4.42 Å². The van der Waals surface area contributed by atoms with Gasteiger partial charge >= 0.3 is 0 Å². The molecule has 1 aliphatic heterocycles. The third-order valence-electron chi connectivity index (χ3n) is 7.34. The highest BCUT2D eigenvalue weighted by Crippen LogP contribution is 2.30. The third kappa shape index (κ3) is 4.58. The molecule has 194 valence electrons. The summed E-state index contributed by atoms with van der Waals surface area (Å²) in [5.41, 5.74) is 4.47. The van der Waals surface area contributed by atoms with Crippen molar-refractivity contribution in [1.82, 2.24) is 30.1 Å². The predicted octanol–water partition coefficient (Wildman–Crippen LogP) is 3.82. The first-order valence-corrected chi connectivity index (χ1v) is 12.6. The lowest BCUT2D eigenvalue weighted by Gasteiger charge is -2.39. The van der Waals surface area contributed by atoms with E-state index >= 15 is 0 Å². The van der Waals surface area contributed by atoms with Crippen LogP contribution in [0.2, 0.25) is 0 Å². The standard InChI is InChI=1S/C28H28FN7O2/c1-18-14-20-16-24(28(37)30-25(20)15-19(18)2)26(27-31-32-33-36(27)17-23-4-3-13-38-23)35-11-9-34(10-12-35)22-7-5-21(29)6-8-22/h3-8,13-16,26H,9-12,17H2,1-2H3,(H,30,37)/t26-/m0/s1. The smallest absolute Gasteiger partial charge is 0.253 e. The Hall–Kier alpha value is -4.31. The summed E-state index contributed by atoms with van der Waals surface area (Å²) in [4.78, 5) is 21.1. The van der Waals surface area contributed by atoms with Gasteiger partial charge in [0, 0.05) is 42.9 Å². The highest BCUT2D eigenvalue weighted by atomic mass is 19.1. The van der Waals surface area contributed by atoms with Gasteiger partial charge in [0.2, 0.25) is 0 Å². The average molecular weight is 514 g/mol. The van der Waals surface area contributed by atoms with Crippen LogP contribution < -0.4 is 10.5 Å². The second kappa shape index (κ2) is 9.86. The summed E-state index contributed by atoms with van der Waals surface area (Å²) in [6, 6.07) is 15.8. The first-order valence-electron chi connectivity index (χ1n) is 12.6. The molecule has 1 saturated heterocycles. The summed E-state index contributed by atoms with van der Waals surface area (Å²) in [5.74, 6) is 1.04. The number of pyridine rings is 1. The van der Waals surface area contributed by atoms with Gasteiger partial charge in [-0.1, -0.05) is 0 Å². The van der Waals surface area contributed by atoms with Crippen LogP contribution in [0.25, 0.3) is 10.9 Å². The average Bonchev–Trinajstić information content (AvgIpc) is 3.60. The highest BCUT2D eigenvalue weighted by Gasteiger charge is 2.33. The Labute approximate surface area is 218 Å². The molecule has 0 aliphatic carbocycles. The van der Waals surface area contributed by atoms with Crippen LogP contribution in [0.4, 0.5) is 10.1 Å². The molecule has 9 nitrogen and oxygen atoms in total. The molecule has 3 aromatic heterocycles. The molecule has 0 spiro atoms. The van der Waals surface area contributed by atoms with Crippen LogP contribution in [0.1, 0.15) is 34.3 Å². The number of aromatic nitrogens is 5. The van der Waals surface area contributed by atoms with Crippen molar-refractivity contribution in [3.63, 3.8) is 0 Å². The first-order chi connectivity index (χ1) is 18.5. The summed E-state index contributed by atoms with van der Waals surface area (Å²) in [6.45, 7) is 7.21. The quantitative estimate of drug-likeness (QED) is 0.369. The topological polar surface area (TPSA) is 96.1 Å². The van der Waals surface area contributed by atoms with Crippen molar-refractivity contribution in [1.29, 1.82) is 0 Å². The second-order valence-corrected chi connectivity index (χ2v) is 9.75. The molecule has 0 saturated carbocycles. The number of halogens is 1. The molecule has 0 unspecified atom stereocenters. The Morgan fingerprint density at radius 3 is 2.53 bits per heavy atom. The number of H-pyrrole nitrogens is 1. The minimum absolute atomic E-state index is 0.167. The van der Waals surface area contributed by atoms with E-state index in [1.54, 1.807) is 23.1 Å². The number of fused-ring (bicyclic) bond motifs is 1. The molecule has 4 heterocycles. The molecule has 0 bridgehead atoms. The number of piperazine rings is 1. The second-order valence-electron chi connectivity index (χ2n) is 9.75. The Bertz CT molecular complexity index is 1620. The fraction of sp³-hybridized carbons (Fsp3) is 0.286. The van der Waals surface area contributed by atoms with Crippen LogP contribution in [0.5, 0.6) is 0 Å². The van der Waals surface area contributed by atoms with Gasteiger partial charge in [-0.2, -0.15) is 0 Å². The molecule has 1 aliphatic rings. The van der Waals surface area contributed by atoms with Gasteiger partial charge in [0.1, 0.15) is 24.2 Å². The molecule has 0 radical (unpaired) electrons. The first kappa shape index (κ1) is 24.1. The van der Waals surface area contributed by atoms with Crippen LogP contribution in [0, 0.1) is 19.7 Å². The zero-order valence-electron chi connectivity index (χ0n) is 21.3. The van der Waals surface area contributed by atoms with Crippen molar-refractivity contribution < 1.29 is 8.81 Å². The largest absolute Gasteiger partial charge is 0.467 e. The SMILES string of the molecule is Cc1cc2cc([C@@H](c3nnnn3Cc3ccco3)N3CCN(c4ccc(F)cc4)CC3)c(=O)[nH]c2cc1C. The molecule has 5 aromatic rings. The van der Waals surface area contributed by atoms with E-state index in [-0.39, 0.29) is 11.4 Å². The fourth-order valence-corrected chi connectivity index (χ4v) is 5.16. The number of furan rings is 1. The van der Waals surface area contributed by atoms with Crippen LogP contribution >= 0.6 is 0 Å². The molecule has 2 aromatic carbocycles. The molecule has 1 fully saturated rings. The summed E-state index contributed by atoms with van der Waals surface area (Å²) in [5, 5.41) is 13.6. The van der Waals surface area contributed by atoms with Crippen molar-refractivity contribution in [2.75, 3.05) is 31.1 Å². The van der Waals surface area contributed by atoms with Crippen molar-refractivity contribution in [2.24, 2.45) is 0 Å². The van der Waals surface area contributed by atoms with E-state index < -0.39 is 6.04 Å². The normalized spacial score (nSPS) is 15.3. The van der Waals surface area contributed by atoms with Gasteiger partial charge in [-0.05, 0) is 95.4 Å². The van der Waals surface area contributed by atoms with Crippen molar-refractivity contribution in [3.8, 4) is 0 Å². The van der Waals surface area contributed by atoms with E-state index in [1.807, 2.05) is 31.2 Å². The predicted molar refractivity (Wildman–Crippen MR) is 142 cm³/mol. The van der Waals surface area contributed by atoms with Gasteiger partial charge in [0.05, 0.1) is 6.26 Å². The van der Waals surface area contributed by atoms with Gasteiger partial charge < -0.3 is 14.3 Å². The highest BCUT2D eigenvalue weighted by molar-refractivity contribution is 5.81. The number of hydrogen-bond donors (Lipinski definition) is 1. The molecule has 0 amide bonds. The Morgan fingerprint density at radius 2 is 1.79 bits per heavy atom. The van der Waals surface area contributed by atoms with E-state index in [1.165, 1.54) is 12.1 Å². The summed E-state index contributed by atoms with van der Waals surface area (Å²) < 4.78 is 20.7. The number of hydrogen-bond acceptors (Lipinski definition) is 7. The zero-order chi connectivity index (χ0) is 26.2. The number of nitrogens with zero attached hydrogens (tertiary/aromatic N) is 6. The molecule has 1 N–H and O–H groups in total. The fourth-order valence-electron chi connectivity index (χ4n) is 5.16. The molecule has 38 heavy (non-hydrogen) atoms. The number of nitrogens with one attached hydrogen (secondary N) is 1. The number of aryl methyl sites for hydroxylation is 2. The zero-order valence-corrected chi connectivity index (χ0v) is 21.3. The van der Waals surface area contributed by atoms with Crippen molar-refractivity contribution in [3.05, 3.63) is 105 Å². The molecule has 10 heteroatoms. The minimum Gasteiger partial charge on any atom is -0.467 e. The number of benzene rings is 2. The van der Waals surface area contributed by atoms with Crippen LogP contribution in [-0.2, 0) is 6.54 Å². The monoisotopic (exact) mass is 513 g/mol. The molecular formula is C28H28FN7O2. The van der Waals surface area contributed by atoms with E-state index in [0.29, 0.717) is 44.1 Å².